The van der Waals surface area contributed by atoms with Crippen molar-refractivity contribution in [3.8, 4) is 0 Å². The summed E-state index contributed by atoms with van der Waals surface area (Å²) in [6.45, 7) is 4.64. The van der Waals surface area contributed by atoms with E-state index in [0.717, 1.165) is 25.9 Å². The molecule has 1 N–H and O–H groups in total. The minimum atomic E-state index is -0.370. The highest BCUT2D eigenvalue weighted by molar-refractivity contribution is 4.64. The van der Waals surface area contributed by atoms with Gasteiger partial charge in [0.1, 0.15) is 0 Å². The first kappa shape index (κ1) is 11.0. The van der Waals surface area contributed by atoms with Crippen LogP contribution in [0, 0.1) is 0 Å². The fourth-order valence-electron chi connectivity index (χ4n) is 1.48. The number of ether oxygens (including phenoxy) is 2. The van der Waals surface area contributed by atoms with Gasteiger partial charge >= 0.3 is 0 Å². The Morgan fingerprint density at radius 2 is 2.31 bits per heavy atom. The molecular weight excluding hydrogens is 168 g/mol. The maximum Gasteiger partial charge on any atom is 0.158 e. The molecule has 1 heterocycles. The first-order valence-corrected chi connectivity index (χ1v) is 5.19. The first-order chi connectivity index (χ1) is 6.24. The molecule has 0 aromatic carbocycles. The van der Waals surface area contributed by atoms with Gasteiger partial charge in [0.25, 0.3) is 0 Å². The van der Waals surface area contributed by atoms with E-state index >= 15 is 0 Å². The third kappa shape index (κ3) is 3.63. The molecule has 0 amide bonds. The minimum absolute atomic E-state index is 0.0926. The molecule has 3 nitrogen and oxygen atoms in total. The van der Waals surface area contributed by atoms with E-state index in [4.69, 9.17) is 9.47 Å². The average molecular weight is 188 g/mol. The molecule has 0 aliphatic carbocycles. The van der Waals surface area contributed by atoms with E-state index in [9.17, 15) is 5.11 Å². The lowest BCUT2D eigenvalue weighted by Crippen LogP contribution is -2.33. The summed E-state index contributed by atoms with van der Waals surface area (Å²) in [4.78, 5) is 0. The molecule has 0 radical (unpaired) electrons. The van der Waals surface area contributed by atoms with E-state index in [1.807, 2.05) is 13.8 Å². The number of hydrogen-bond donors (Lipinski definition) is 1. The Morgan fingerprint density at radius 3 is 2.85 bits per heavy atom. The van der Waals surface area contributed by atoms with Gasteiger partial charge in [0.05, 0.1) is 12.2 Å². The maximum absolute atomic E-state index is 9.48. The molecule has 1 aliphatic heterocycles. The van der Waals surface area contributed by atoms with Gasteiger partial charge in [-0.15, -0.1) is 0 Å². The summed E-state index contributed by atoms with van der Waals surface area (Å²) in [5, 5.41) is 9.48. The molecule has 1 saturated heterocycles. The average Bonchev–Trinajstić information content (AvgIpc) is 2.18. The van der Waals surface area contributed by atoms with E-state index in [1.165, 1.54) is 6.42 Å². The molecule has 0 aromatic rings. The lowest BCUT2D eigenvalue weighted by atomic mass is 10.1. The lowest BCUT2D eigenvalue weighted by molar-refractivity contribution is -0.202. The van der Waals surface area contributed by atoms with Gasteiger partial charge in [-0.1, -0.05) is 6.92 Å². The van der Waals surface area contributed by atoms with Gasteiger partial charge in [0, 0.05) is 6.61 Å². The molecule has 0 bridgehead atoms. The molecule has 1 rings (SSSR count). The number of rotatable bonds is 4. The zero-order valence-electron chi connectivity index (χ0n) is 8.53. The molecule has 0 saturated carbocycles. The van der Waals surface area contributed by atoms with Crippen molar-refractivity contribution >= 4 is 0 Å². The van der Waals surface area contributed by atoms with Crippen molar-refractivity contribution in [2.24, 2.45) is 0 Å². The topological polar surface area (TPSA) is 38.7 Å². The Labute approximate surface area is 80.0 Å². The van der Waals surface area contributed by atoms with Crippen LogP contribution >= 0.6 is 0 Å². The second-order valence-electron chi connectivity index (χ2n) is 3.61. The van der Waals surface area contributed by atoms with Crippen LogP contribution in [0.4, 0.5) is 0 Å². The van der Waals surface area contributed by atoms with Crippen molar-refractivity contribution in [2.45, 2.75) is 58.0 Å². The molecule has 1 fully saturated rings. The second-order valence-corrected chi connectivity index (χ2v) is 3.61. The molecule has 3 heteroatoms. The SMILES string of the molecule is CCC(O)[C@H](C)OC1CCCCO1. The predicted molar refractivity (Wildman–Crippen MR) is 50.4 cm³/mol. The summed E-state index contributed by atoms with van der Waals surface area (Å²) < 4.78 is 11.0. The zero-order chi connectivity index (χ0) is 9.68. The van der Waals surface area contributed by atoms with Gasteiger partial charge in [0.2, 0.25) is 0 Å². The summed E-state index contributed by atoms with van der Waals surface area (Å²) in [7, 11) is 0. The fourth-order valence-corrected chi connectivity index (χ4v) is 1.48. The van der Waals surface area contributed by atoms with Crippen LogP contribution < -0.4 is 0 Å². The summed E-state index contributed by atoms with van der Waals surface area (Å²) in [5.41, 5.74) is 0. The van der Waals surface area contributed by atoms with Crippen molar-refractivity contribution in [1.82, 2.24) is 0 Å². The van der Waals surface area contributed by atoms with Crippen molar-refractivity contribution < 1.29 is 14.6 Å². The monoisotopic (exact) mass is 188 g/mol. The van der Waals surface area contributed by atoms with Gasteiger partial charge in [-0.3, -0.25) is 0 Å². The number of aliphatic hydroxyl groups is 1. The van der Waals surface area contributed by atoms with Crippen LogP contribution in [0.3, 0.4) is 0 Å². The Kier molecular flexibility index (Phi) is 4.70. The molecule has 78 valence electrons. The van der Waals surface area contributed by atoms with Crippen LogP contribution in [0.2, 0.25) is 0 Å². The Hall–Kier alpha value is -0.120. The Morgan fingerprint density at radius 1 is 1.54 bits per heavy atom. The van der Waals surface area contributed by atoms with Gasteiger partial charge in [-0.25, -0.2) is 0 Å². The van der Waals surface area contributed by atoms with Crippen molar-refractivity contribution in [3.63, 3.8) is 0 Å². The molecule has 2 unspecified atom stereocenters. The normalized spacial score (nSPS) is 28.4. The van der Waals surface area contributed by atoms with Crippen LogP contribution in [-0.4, -0.2) is 30.2 Å². The molecule has 1 aliphatic rings. The van der Waals surface area contributed by atoms with Crippen LogP contribution in [0.5, 0.6) is 0 Å². The van der Waals surface area contributed by atoms with Crippen LogP contribution in [0.1, 0.15) is 39.5 Å². The summed E-state index contributed by atoms with van der Waals surface area (Å²) in [5.74, 6) is 0. The zero-order valence-corrected chi connectivity index (χ0v) is 8.53. The van der Waals surface area contributed by atoms with E-state index in [2.05, 4.69) is 0 Å². The molecule has 3 atom stereocenters. The number of aliphatic hydroxyl groups excluding tert-OH is 1. The highest BCUT2D eigenvalue weighted by Crippen LogP contribution is 2.16. The van der Waals surface area contributed by atoms with Crippen LogP contribution in [0.25, 0.3) is 0 Å². The van der Waals surface area contributed by atoms with E-state index in [1.54, 1.807) is 0 Å². The quantitative estimate of drug-likeness (QED) is 0.729. The van der Waals surface area contributed by atoms with E-state index < -0.39 is 0 Å². The fraction of sp³-hybridized carbons (Fsp3) is 1.00. The van der Waals surface area contributed by atoms with Gasteiger partial charge in [0.15, 0.2) is 6.29 Å². The van der Waals surface area contributed by atoms with Gasteiger partial charge < -0.3 is 14.6 Å². The van der Waals surface area contributed by atoms with Gasteiger partial charge in [-0.05, 0) is 32.6 Å². The summed E-state index contributed by atoms with van der Waals surface area (Å²) >= 11 is 0. The molecule has 13 heavy (non-hydrogen) atoms. The highest BCUT2D eigenvalue weighted by atomic mass is 16.7. The van der Waals surface area contributed by atoms with Crippen LogP contribution in [-0.2, 0) is 9.47 Å². The van der Waals surface area contributed by atoms with Crippen molar-refractivity contribution in [3.05, 3.63) is 0 Å². The standard InChI is InChI=1S/C10H20O3/c1-3-9(11)8(2)13-10-6-4-5-7-12-10/h8-11H,3-7H2,1-2H3/t8-,9?,10?/m0/s1. The van der Waals surface area contributed by atoms with Crippen LogP contribution in [0.15, 0.2) is 0 Å². The molecule has 0 spiro atoms. The van der Waals surface area contributed by atoms with E-state index in [0.29, 0.717) is 0 Å². The predicted octanol–water partition coefficient (Wildman–Crippen LogP) is 1.69. The van der Waals surface area contributed by atoms with Crippen molar-refractivity contribution in [2.75, 3.05) is 6.61 Å². The third-order valence-corrected chi connectivity index (χ3v) is 2.46. The maximum atomic E-state index is 9.48. The largest absolute Gasteiger partial charge is 0.390 e. The highest BCUT2D eigenvalue weighted by Gasteiger charge is 2.20. The smallest absolute Gasteiger partial charge is 0.158 e. The van der Waals surface area contributed by atoms with Gasteiger partial charge in [-0.2, -0.15) is 0 Å². The number of hydrogen-bond acceptors (Lipinski definition) is 3. The molecular formula is C10H20O3. The molecule has 0 aromatic heterocycles. The third-order valence-electron chi connectivity index (χ3n) is 2.46. The summed E-state index contributed by atoms with van der Waals surface area (Å²) in [6, 6.07) is 0. The van der Waals surface area contributed by atoms with E-state index in [-0.39, 0.29) is 18.5 Å². The minimum Gasteiger partial charge on any atom is -0.390 e. The Balaban J connectivity index is 2.21. The first-order valence-electron chi connectivity index (χ1n) is 5.19. The summed E-state index contributed by atoms with van der Waals surface area (Å²) in [6.07, 6.45) is 3.40. The Bertz CT molecular complexity index is 132. The van der Waals surface area contributed by atoms with Crippen molar-refractivity contribution in [1.29, 1.82) is 0 Å². The second kappa shape index (κ2) is 5.58. The lowest BCUT2D eigenvalue weighted by Gasteiger charge is -2.27.